The number of halogens is 1. The van der Waals surface area contributed by atoms with Crippen LogP contribution in [0.1, 0.15) is 6.42 Å². The molecule has 0 radical (unpaired) electrons. The van der Waals surface area contributed by atoms with Gasteiger partial charge in [-0.3, -0.25) is 9.59 Å². The van der Waals surface area contributed by atoms with Crippen LogP contribution < -0.4 is 10.2 Å². The van der Waals surface area contributed by atoms with E-state index in [9.17, 15) is 9.59 Å². The molecule has 2 saturated heterocycles. The molecule has 1 aromatic rings. The molecule has 0 aromatic heterocycles. The second kappa shape index (κ2) is 6.12. The highest BCUT2D eigenvalue weighted by atomic mass is 35.5. The van der Waals surface area contributed by atoms with E-state index in [0.717, 1.165) is 5.69 Å². The largest absolute Gasteiger partial charge is 0.396 e. The normalized spacial score (nSPS) is 32.3. The number of aliphatic hydroxyl groups excluding tert-OH is 1. The van der Waals surface area contributed by atoms with Crippen molar-refractivity contribution in [2.75, 3.05) is 24.6 Å². The second-order valence-corrected chi connectivity index (χ2v) is 7.11. The lowest BCUT2D eigenvalue weighted by Gasteiger charge is -2.23. The van der Waals surface area contributed by atoms with Gasteiger partial charge in [0.25, 0.3) is 0 Å². The molecule has 7 heteroatoms. The monoisotopic (exact) mass is 362 g/mol. The van der Waals surface area contributed by atoms with E-state index in [1.54, 1.807) is 29.2 Å². The number of ether oxygens (including phenoxy) is 1. The molecular weight excluding hydrogens is 344 g/mol. The summed E-state index contributed by atoms with van der Waals surface area (Å²) in [5.41, 5.74) is 0.0125. The molecule has 2 amide bonds. The summed E-state index contributed by atoms with van der Waals surface area (Å²) in [7, 11) is 0. The molecule has 2 bridgehead atoms. The number of fused-ring (bicyclic) bond motifs is 1. The van der Waals surface area contributed by atoms with Gasteiger partial charge in [0, 0.05) is 23.9 Å². The van der Waals surface area contributed by atoms with Crippen molar-refractivity contribution < 1.29 is 19.4 Å². The van der Waals surface area contributed by atoms with Gasteiger partial charge in [0.05, 0.1) is 24.5 Å². The minimum atomic E-state index is -0.736. The first-order valence-corrected chi connectivity index (χ1v) is 8.76. The van der Waals surface area contributed by atoms with Gasteiger partial charge < -0.3 is 20.1 Å². The molecule has 1 aromatic carbocycles. The summed E-state index contributed by atoms with van der Waals surface area (Å²) in [5, 5.41) is 12.3. The van der Waals surface area contributed by atoms with Gasteiger partial charge >= 0.3 is 0 Å². The van der Waals surface area contributed by atoms with Crippen LogP contribution in [0.15, 0.2) is 36.4 Å². The van der Waals surface area contributed by atoms with E-state index in [1.807, 2.05) is 12.2 Å². The molecule has 6 nitrogen and oxygen atoms in total. The molecule has 3 aliphatic rings. The zero-order valence-electron chi connectivity index (χ0n) is 13.5. The van der Waals surface area contributed by atoms with E-state index in [1.165, 1.54) is 0 Å². The number of rotatable bonds is 5. The molecule has 1 spiro atoms. The quantitative estimate of drug-likeness (QED) is 0.608. The molecule has 2 N–H and O–H groups in total. The van der Waals surface area contributed by atoms with Gasteiger partial charge in [-0.2, -0.15) is 0 Å². The van der Waals surface area contributed by atoms with E-state index in [2.05, 4.69) is 5.32 Å². The molecule has 3 heterocycles. The lowest BCUT2D eigenvalue weighted by Crippen LogP contribution is -2.44. The standard InChI is InChI=1S/C18H19ClN2O4/c19-11-2-4-12(5-3-11)21-10-18-7-6-13(25-18)14(15(18)17(21)24)16(23)20-8-1-9-22/h2-7,13-15,22H,1,8-10H2,(H,20,23)/t13-,14+,15+,18-/m1/s1. The average Bonchev–Trinajstić information content (AvgIpc) is 3.24. The van der Waals surface area contributed by atoms with E-state index < -0.39 is 17.4 Å². The van der Waals surface area contributed by atoms with Crippen LogP contribution in [0.3, 0.4) is 0 Å². The van der Waals surface area contributed by atoms with Crippen molar-refractivity contribution in [2.24, 2.45) is 11.8 Å². The number of amides is 2. The van der Waals surface area contributed by atoms with Gasteiger partial charge in [-0.15, -0.1) is 0 Å². The van der Waals surface area contributed by atoms with Crippen LogP contribution in [0.5, 0.6) is 0 Å². The van der Waals surface area contributed by atoms with E-state index in [4.69, 9.17) is 21.4 Å². The molecular formula is C18H19ClN2O4. The Hall–Kier alpha value is -1.89. The Morgan fingerprint density at radius 3 is 2.88 bits per heavy atom. The molecule has 0 unspecified atom stereocenters. The molecule has 0 saturated carbocycles. The third-order valence-corrected chi connectivity index (χ3v) is 5.43. The highest BCUT2D eigenvalue weighted by molar-refractivity contribution is 6.30. The maximum atomic E-state index is 13.1. The molecule has 3 aliphatic heterocycles. The zero-order chi connectivity index (χ0) is 17.6. The number of anilines is 1. The summed E-state index contributed by atoms with van der Waals surface area (Å²) in [6.45, 7) is 0.796. The number of hydrogen-bond donors (Lipinski definition) is 2. The Morgan fingerprint density at radius 1 is 1.40 bits per heavy atom. The van der Waals surface area contributed by atoms with Crippen LogP contribution in [-0.2, 0) is 14.3 Å². The molecule has 132 valence electrons. The Bertz CT molecular complexity index is 735. The predicted molar refractivity (Wildman–Crippen MR) is 92.2 cm³/mol. The smallest absolute Gasteiger partial charge is 0.234 e. The van der Waals surface area contributed by atoms with Gasteiger partial charge in [0.1, 0.15) is 5.60 Å². The van der Waals surface area contributed by atoms with Crippen molar-refractivity contribution in [3.05, 3.63) is 41.4 Å². The Balaban J connectivity index is 1.59. The fraction of sp³-hybridized carbons (Fsp3) is 0.444. The van der Waals surface area contributed by atoms with Crippen LogP contribution in [0.2, 0.25) is 5.02 Å². The lowest BCUT2D eigenvalue weighted by atomic mass is 9.77. The summed E-state index contributed by atoms with van der Waals surface area (Å²) in [6, 6.07) is 7.07. The van der Waals surface area contributed by atoms with Crippen LogP contribution in [0, 0.1) is 11.8 Å². The Kier molecular flexibility index (Phi) is 4.06. The second-order valence-electron chi connectivity index (χ2n) is 6.67. The van der Waals surface area contributed by atoms with Crippen LogP contribution in [-0.4, -0.2) is 48.3 Å². The van der Waals surface area contributed by atoms with Crippen molar-refractivity contribution in [1.29, 1.82) is 0 Å². The lowest BCUT2D eigenvalue weighted by molar-refractivity contribution is -0.131. The van der Waals surface area contributed by atoms with Gasteiger partial charge in [0.2, 0.25) is 11.8 Å². The van der Waals surface area contributed by atoms with Crippen LogP contribution in [0.4, 0.5) is 5.69 Å². The fourth-order valence-electron chi connectivity index (χ4n) is 4.05. The third-order valence-electron chi connectivity index (χ3n) is 5.18. The first kappa shape index (κ1) is 16.6. The molecule has 2 fully saturated rings. The van der Waals surface area contributed by atoms with Crippen molar-refractivity contribution in [1.82, 2.24) is 5.32 Å². The maximum absolute atomic E-state index is 13.1. The maximum Gasteiger partial charge on any atom is 0.234 e. The van der Waals surface area contributed by atoms with Gasteiger partial charge in [0.15, 0.2) is 0 Å². The average molecular weight is 363 g/mol. The number of benzene rings is 1. The highest BCUT2D eigenvalue weighted by Gasteiger charge is 2.66. The summed E-state index contributed by atoms with van der Waals surface area (Å²) in [4.78, 5) is 27.3. The molecule has 0 aliphatic carbocycles. The molecule has 25 heavy (non-hydrogen) atoms. The summed E-state index contributed by atoms with van der Waals surface area (Å²) in [5.74, 6) is -1.35. The van der Waals surface area contributed by atoms with Crippen LogP contribution >= 0.6 is 11.6 Å². The van der Waals surface area contributed by atoms with Gasteiger partial charge in [-0.1, -0.05) is 23.8 Å². The van der Waals surface area contributed by atoms with E-state index in [0.29, 0.717) is 24.5 Å². The van der Waals surface area contributed by atoms with Gasteiger partial charge in [-0.05, 0) is 30.7 Å². The topological polar surface area (TPSA) is 78.9 Å². The number of nitrogens with zero attached hydrogens (tertiary/aromatic N) is 1. The number of aliphatic hydroxyl groups is 1. The zero-order valence-corrected chi connectivity index (χ0v) is 14.3. The molecule has 4 rings (SSSR count). The Labute approximate surface area is 150 Å². The third kappa shape index (κ3) is 2.56. The number of carbonyl (C=O) groups is 2. The summed E-state index contributed by atoms with van der Waals surface area (Å²) < 4.78 is 6.06. The highest BCUT2D eigenvalue weighted by Crippen LogP contribution is 2.52. The molecule has 4 atom stereocenters. The predicted octanol–water partition coefficient (Wildman–Crippen LogP) is 1.12. The van der Waals surface area contributed by atoms with E-state index >= 15 is 0 Å². The van der Waals surface area contributed by atoms with Crippen molar-refractivity contribution in [3.8, 4) is 0 Å². The van der Waals surface area contributed by atoms with E-state index in [-0.39, 0.29) is 24.5 Å². The minimum Gasteiger partial charge on any atom is -0.396 e. The van der Waals surface area contributed by atoms with Crippen molar-refractivity contribution in [2.45, 2.75) is 18.1 Å². The first-order chi connectivity index (χ1) is 12.1. The number of nitrogens with one attached hydrogen (secondary N) is 1. The number of carbonyl (C=O) groups excluding carboxylic acids is 2. The van der Waals surface area contributed by atoms with Crippen molar-refractivity contribution in [3.63, 3.8) is 0 Å². The summed E-state index contributed by atoms with van der Waals surface area (Å²) in [6.07, 6.45) is 3.93. The number of hydrogen-bond acceptors (Lipinski definition) is 4. The fourth-order valence-corrected chi connectivity index (χ4v) is 4.17. The Morgan fingerprint density at radius 2 is 2.16 bits per heavy atom. The SMILES string of the molecule is O=C(NCCCO)[C@@H]1[C@H]2C(=O)N(c3ccc(Cl)cc3)C[C@]23C=C[C@H]1O3. The van der Waals surface area contributed by atoms with Crippen molar-refractivity contribution >= 4 is 29.1 Å². The first-order valence-electron chi connectivity index (χ1n) is 8.38. The minimum absolute atomic E-state index is 0.0153. The van der Waals surface area contributed by atoms with Gasteiger partial charge in [-0.25, -0.2) is 0 Å². The summed E-state index contributed by atoms with van der Waals surface area (Å²) >= 11 is 5.93. The van der Waals surface area contributed by atoms with Crippen LogP contribution in [0.25, 0.3) is 0 Å².